The lowest BCUT2D eigenvalue weighted by Gasteiger charge is -2.22. The third kappa shape index (κ3) is 3.62. The molecule has 4 nitrogen and oxygen atoms in total. The van der Waals surface area contributed by atoms with Crippen molar-refractivity contribution in [2.75, 3.05) is 25.2 Å². The number of carbonyl (C=O) groups is 1. The molecule has 0 spiro atoms. The number of anilines is 1. The Labute approximate surface area is 134 Å². The maximum absolute atomic E-state index is 13.2. The molecular weight excluding hydrogens is 297 g/mol. The van der Waals surface area contributed by atoms with Gasteiger partial charge >= 0.3 is 0 Å². The smallest absolute Gasteiger partial charge is 0.227 e. The standard InChI is InChI=1S/C18H18FNO3/c1-20(15-6-7-16-17(12-15)23-10-9-22-16)18(21)8-5-13-3-2-4-14(19)11-13/h2-4,6-7,11-12H,5,8-10H2,1H3. The maximum atomic E-state index is 13.2. The first-order valence-electron chi connectivity index (χ1n) is 7.54. The first-order valence-corrected chi connectivity index (χ1v) is 7.54. The molecule has 3 rings (SSSR count). The topological polar surface area (TPSA) is 38.8 Å². The normalized spacial score (nSPS) is 12.8. The second kappa shape index (κ2) is 6.69. The summed E-state index contributed by atoms with van der Waals surface area (Å²) in [5, 5.41) is 0. The molecule has 0 atom stereocenters. The molecule has 0 unspecified atom stereocenters. The molecule has 2 aromatic rings. The number of fused-ring (bicyclic) bond motifs is 1. The lowest BCUT2D eigenvalue weighted by Crippen LogP contribution is -2.26. The first kappa shape index (κ1) is 15.3. The van der Waals surface area contributed by atoms with Gasteiger partial charge in [-0.25, -0.2) is 4.39 Å². The van der Waals surface area contributed by atoms with E-state index in [1.807, 2.05) is 12.1 Å². The van der Waals surface area contributed by atoms with E-state index in [1.54, 1.807) is 30.1 Å². The number of halogens is 1. The van der Waals surface area contributed by atoms with Crippen molar-refractivity contribution in [2.24, 2.45) is 0 Å². The van der Waals surface area contributed by atoms with Gasteiger partial charge in [-0.3, -0.25) is 4.79 Å². The molecular formula is C18H18FNO3. The molecule has 120 valence electrons. The van der Waals surface area contributed by atoms with Crippen LogP contribution in [-0.4, -0.2) is 26.2 Å². The number of nitrogens with zero attached hydrogens (tertiary/aromatic N) is 1. The number of amides is 1. The molecule has 23 heavy (non-hydrogen) atoms. The molecule has 0 aromatic heterocycles. The fourth-order valence-corrected chi connectivity index (χ4v) is 2.50. The summed E-state index contributed by atoms with van der Waals surface area (Å²) < 4.78 is 24.2. The number of ether oxygens (including phenoxy) is 2. The summed E-state index contributed by atoms with van der Waals surface area (Å²) in [5.74, 6) is 1.03. The van der Waals surface area contributed by atoms with Gasteiger partial charge in [0.05, 0.1) is 0 Å². The van der Waals surface area contributed by atoms with Crippen molar-refractivity contribution in [3.05, 3.63) is 53.8 Å². The molecule has 1 aliphatic rings. The van der Waals surface area contributed by atoms with Crippen molar-refractivity contribution >= 4 is 11.6 Å². The zero-order valence-electron chi connectivity index (χ0n) is 12.9. The Morgan fingerprint density at radius 2 is 1.91 bits per heavy atom. The van der Waals surface area contributed by atoms with Crippen molar-refractivity contribution < 1.29 is 18.7 Å². The second-order valence-corrected chi connectivity index (χ2v) is 5.41. The Balaban J connectivity index is 1.65. The number of hydrogen-bond donors (Lipinski definition) is 0. The third-order valence-corrected chi connectivity index (χ3v) is 3.80. The fraction of sp³-hybridized carbons (Fsp3) is 0.278. The molecule has 0 aliphatic carbocycles. The molecule has 2 aromatic carbocycles. The summed E-state index contributed by atoms with van der Waals surface area (Å²) >= 11 is 0. The number of aryl methyl sites for hydroxylation is 1. The zero-order valence-corrected chi connectivity index (χ0v) is 12.9. The molecule has 1 heterocycles. The van der Waals surface area contributed by atoms with Crippen LogP contribution in [0, 0.1) is 5.82 Å². The van der Waals surface area contributed by atoms with E-state index in [0.29, 0.717) is 37.6 Å². The van der Waals surface area contributed by atoms with E-state index in [2.05, 4.69) is 0 Å². The summed E-state index contributed by atoms with van der Waals surface area (Å²) in [6.07, 6.45) is 0.819. The number of rotatable bonds is 4. The molecule has 0 N–H and O–H groups in total. The van der Waals surface area contributed by atoms with Crippen molar-refractivity contribution in [3.63, 3.8) is 0 Å². The SMILES string of the molecule is CN(C(=O)CCc1cccc(F)c1)c1ccc2c(c1)OCCO2. The van der Waals surface area contributed by atoms with Gasteiger partial charge < -0.3 is 14.4 Å². The monoisotopic (exact) mass is 315 g/mol. The third-order valence-electron chi connectivity index (χ3n) is 3.80. The van der Waals surface area contributed by atoms with E-state index in [0.717, 1.165) is 11.3 Å². The van der Waals surface area contributed by atoms with E-state index in [9.17, 15) is 9.18 Å². The molecule has 0 bridgehead atoms. The van der Waals surface area contributed by atoms with Gasteiger partial charge in [0.15, 0.2) is 11.5 Å². The minimum absolute atomic E-state index is 0.0362. The predicted octanol–water partition coefficient (Wildman–Crippen LogP) is 3.19. The molecule has 0 saturated carbocycles. The highest BCUT2D eigenvalue weighted by Gasteiger charge is 2.16. The van der Waals surface area contributed by atoms with Crippen LogP contribution in [0.2, 0.25) is 0 Å². The highest BCUT2D eigenvalue weighted by atomic mass is 19.1. The molecule has 1 amide bonds. The Hall–Kier alpha value is -2.56. The molecule has 0 radical (unpaired) electrons. The van der Waals surface area contributed by atoms with E-state index in [4.69, 9.17) is 9.47 Å². The van der Waals surface area contributed by atoms with Crippen LogP contribution in [0.25, 0.3) is 0 Å². The average Bonchev–Trinajstić information content (AvgIpc) is 2.58. The Morgan fingerprint density at radius 1 is 1.13 bits per heavy atom. The summed E-state index contributed by atoms with van der Waals surface area (Å²) in [7, 11) is 1.72. The van der Waals surface area contributed by atoms with Crippen LogP contribution in [0.3, 0.4) is 0 Å². The van der Waals surface area contributed by atoms with Crippen molar-refractivity contribution in [2.45, 2.75) is 12.8 Å². The minimum Gasteiger partial charge on any atom is -0.486 e. The van der Waals surface area contributed by atoms with Gasteiger partial charge in [0.1, 0.15) is 19.0 Å². The van der Waals surface area contributed by atoms with Crippen LogP contribution in [0.15, 0.2) is 42.5 Å². The number of hydrogen-bond acceptors (Lipinski definition) is 3. The highest BCUT2D eigenvalue weighted by molar-refractivity contribution is 5.93. The predicted molar refractivity (Wildman–Crippen MR) is 85.6 cm³/mol. The second-order valence-electron chi connectivity index (χ2n) is 5.41. The van der Waals surface area contributed by atoms with Crippen molar-refractivity contribution in [1.29, 1.82) is 0 Å². The van der Waals surface area contributed by atoms with Crippen LogP contribution in [-0.2, 0) is 11.2 Å². The van der Waals surface area contributed by atoms with Gasteiger partial charge in [-0.1, -0.05) is 12.1 Å². The summed E-state index contributed by atoms with van der Waals surface area (Å²) in [6, 6.07) is 11.8. The van der Waals surface area contributed by atoms with Crippen molar-refractivity contribution in [3.8, 4) is 11.5 Å². The Bertz CT molecular complexity index is 717. The van der Waals surface area contributed by atoms with Gasteiger partial charge in [0.25, 0.3) is 0 Å². The lowest BCUT2D eigenvalue weighted by molar-refractivity contribution is -0.118. The first-order chi connectivity index (χ1) is 11.1. The summed E-state index contributed by atoms with van der Waals surface area (Å²) in [5.41, 5.74) is 1.56. The van der Waals surface area contributed by atoms with Crippen LogP contribution in [0.1, 0.15) is 12.0 Å². The van der Waals surface area contributed by atoms with Gasteiger partial charge in [-0.05, 0) is 36.2 Å². The van der Waals surface area contributed by atoms with Crippen LogP contribution >= 0.6 is 0 Å². The lowest BCUT2D eigenvalue weighted by atomic mass is 10.1. The minimum atomic E-state index is -0.282. The Morgan fingerprint density at radius 3 is 2.70 bits per heavy atom. The van der Waals surface area contributed by atoms with Gasteiger partial charge in [-0.15, -0.1) is 0 Å². The van der Waals surface area contributed by atoms with Gasteiger partial charge in [0, 0.05) is 25.2 Å². The van der Waals surface area contributed by atoms with Crippen LogP contribution < -0.4 is 14.4 Å². The number of benzene rings is 2. The van der Waals surface area contributed by atoms with E-state index < -0.39 is 0 Å². The quantitative estimate of drug-likeness (QED) is 0.870. The summed E-state index contributed by atoms with van der Waals surface area (Å²) in [4.78, 5) is 13.9. The molecule has 0 fully saturated rings. The molecule has 1 aliphatic heterocycles. The van der Waals surface area contributed by atoms with Crippen molar-refractivity contribution in [1.82, 2.24) is 0 Å². The number of carbonyl (C=O) groups excluding carboxylic acids is 1. The molecule has 0 saturated heterocycles. The van der Waals surface area contributed by atoms with Crippen LogP contribution in [0.5, 0.6) is 11.5 Å². The van der Waals surface area contributed by atoms with Gasteiger partial charge in [-0.2, -0.15) is 0 Å². The zero-order chi connectivity index (χ0) is 16.2. The van der Waals surface area contributed by atoms with E-state index >= 15 is 0 Å². The molecule has 5 heteroatoms. The largest absolute Gasteiger partial charge is 0.486 e. The van der Waals surface area contributed by atoms with E-state index in [-0.39, 0.29) is 11.7 Å². The highest BCUT2D eigenvalue weighted by Crippen LogP contribution is 2.33. The summed E-state index contributed by atoms with van der Waals surface area (Å²) in [6.45, 7) is 1.04. The Kier molecular flexibility index (Phi) is 4.46. The maximum Gasteiger partial charge on any atom is 0.227 e. The van der Waals surface area contributed by atoms with E-state index in [1.165, 1.54) is 12.1 Å². The van der Waals surface area contributed by atoms with Crippen LogP contribution in [0.4, 0.5) is 10.1 Å². The van der Waals surface area contributed by atoms with Gasteiger partial charge in [0.2, 0.25) is 5.91 Å². The average molecular weight is 315 g/mol. The fourth-order valence-electron chi connectivity index (χ4n) is 2.50.